The van der Waals surface area contributed by atoms with E-state index in [4.69, 9.17) is 4.74 Å². The topological polar surface area (TPSA) is 67.7 Å². The minimum Gasteiger partial charge on any atom is -0.439 e. The predicted octanol–water partition coefficient (Wildman–Crippen LogP) is 0.966. The molecule has 0 saturated carbocycles. The Morgan fingerprint density at radius 1 is 1.22 bits per heavy atom. The van der Waals surface area contributed by atoms with Crippen LogP contribution in [0, 0.1) is 0 Å². The SMILES string of the molecule is CN1CC2(CCN(C(=O)c3c4c(nn3C)CCCC4)C2)OC1=O. The molecule has 2 amide bonds. The van der Waals surface area contributed by atoms with Crippen molar-refractivity contribution in [1.82, 2.24) is 19.6 Å². The van der Waals surface area contributed by atoms with Crippen molar-refractivity contribution >= 4 is 12.0 Å². The molecule has 2 saturated heterocycles. The number of carbonyl (C=O) groups excluding carboxylic acids is 2. The van der Waals surface area contributed by atoms with Crippen LogP contribution in [0.25, 0.3) is 0 Å². The molecule has 1 spiro atoms. The molecule has 1 aliphatic carbocycles. The first kappa shape index (κ1) is 14.5. The number of nitrogens with zero attached hydrogens (tertiary/aromatic N) is 4. The second kappa shape index (κ2) is 4.97. The number of hydrogen-bond acceptors (Lipinski definition) is 4. The number of likely N-dealkylation sites (tertiary alicyclic amines) is 1. The van der Waals surface area contributed by atoms with Gasteiger partial charge in [-0.3, -0.25) is 9.48 Å². The zero-order valence-electron chi connectivity index (χ0n) is 13.7. The predicted molar refractivity (Wildman–Crippen MR) is 82.2 cm³/mol. The lowest BCUT2D eigenvalue weighted by molar-refractivity contribution is 0.0547. The molecule has 3 heterocycles. The number of hydrogen-bond donors (Lipinski definition) is 0. The van der Waals surface area contributed by atoms with Gasteiger partial charge >= 0.3 is 6.09 Å². The largest absolute Gasteiger partial charge is 0.439 e. The summed E-state index contributed by atoms with van der Waals surface area (Å²) in [6.07, 6.45) is 4.56. The van der Waals surface area contributed by atoms with Gasteiger partial charge in [0.25, 0.3) is 5.91 Å². The minimum atomic E-state index is -0.528. The van der Waals surface area contributed by atoms with Crippen LogP contribution >= 0.6 is 0 Å². The third kappa shape index (κ3) is 2.21. The molecule has 2 fully saturated rings. The maximum atomic E-state index is 13.0. The van der Waals surface area contributed by atoms with Crippen molar-refractivity contribution in [2.75, 3.05) is 26.7 Å². The highest BCUT2D eigenvalue weighted by molar-refractivity contribution is 5.94. The van der Waals surface area contributed by atoms with Crippen molar-refractivity contribution in [1.29, 1.82) is 0 Å². The van der Waals surface area contributed by atoms with E-state index in [1.165, 1.54) is 0 Å². The van der Waals surface area contributed by atoms with E-state index in [9.17, 15) is 9.59 Å². The zero-order valence-corrected chi connectivity index (χ0v) is 13.7. The number of fused-ring (bicyclic) bond motifs is 1. The lowest BCUT2D eigenvalue weighted by Gasteiger charge is -2.22. The molecule has 7 heteroatoms. The van der Waals surface area contributed by atoms with E-state index in [1.54, 1.807) is 16.6 Å². The Bertz CT molecular complexity index is 683. The lowest BCUT2D eigenvalue weighted by atomic mass is 9.95. The maximum absolute atomic E-state index is 13.0. The van der Waals surface area contributed by atoms with Crippen LogP contribution in [0.3, 0.4) is 0 Å². The molecular weight excluding hydrogens is 296 g/mol. The van der Waals surface area contributed by atoms with Crippen molar-refractivity contribution < 1.29 is 14.3 Å². The first-order valence-corrected chi connectivity index (χ1v) is 8.27. The smallest absolute Gasteiger partial charge is 0.410 e. The molecule has 4 rings (SSSR count). The van der Waals surface area contributed by atoms with E-state index in [-0.39, 0.29) is 12.0 Å². The molecular formula is C16H22N4O3. The van der Waals surface area contributed by atoms with Gasteiger partial charge in [0, 0.05) is 32.6 Å². The summed E-state index contributed by atoms with van der Waals surface area (Å²) in [7, 11) is 3.58. The van der Waals surface area contributed by atoms with Gasteiger partial charge < -0.3 is 14.5 Å². The van der Waals surface area contributed by atoms with Crippen LogP contribution in [0.4, 0.5) is 4.79 Å². The molecule has 3 aliphatic rings. The van der Waals surface area contributed by atoms with Gasteiger partial charge in [-0.2, -0.15) is 5.10 Å². The van der Waals surface area contributed by atoms with Crippen LogP contribution in [0.2, 0.25) is 0 Å². The second-order valence-electron chi connectivity index (χ2n) is 6.99. The van der Waals surface area contributed by atoms with Gasteiger partial charge in [-0.1, -0.05) is 0 Å². The Kier molecular flexibility index (Phi) is 3.14. The first-order chi connectivity index (χ1) is 11.0. The van der Waals surface area contributed by atoms with Gasteiger partial charge in [0.1, 0.15) is 5.69 Å². The van der Waals surface area contributed by atoms with E-state index < -0.39 is 5.60 Å². The standard InChI is InChI=1S/C16H22N4O3/c1-18-9-16(23-15(18)22)7-8-20(10-16)14(21)13-11-5-3-4-6-12(11)17-19(13)2/h3-10H2,1-2H3. The van der Waals surface area contributed by atoms with Crippen molar-refractivity contribution in [2.24, 2.45) is 7.05 Å². The highest BCUT2D eigenvalue weighted by Crippen LogP contribution is 2.33. The van der Waals surface area contributed by atoms with E-state index in [2.05, 4.69) is 5.10 Å². The zero-order chi connectivity index (χ0) is 16.2. The molecule has 0 aromatic carbocycles. The number of aromatic nitrogens is 2. The van der Waals surface area contributed by atoms with Crippen LogP contribution < -0.4 is 0 Å². The molecule has 1 unspecified atom stereocenters. The van der Waals surface area contributed by atoms with Crippen LogP contribution in [-0.4, -0.2) is 63.9 Å². The summed E-state index contributed by atoms with van der Waals surface area (Å²) in [5.41, 5.74) is 2.38. The summed E-state index contributed by atoms with van der Waals surface area (Å²) in [6, 6.07) is 0. The first-order valence-electron chi connectivity index (χ1n) is 8.27. The fourth-order valence-corrected chi connectivity index (χ4v) is 4.12. The van der Waals surface area contributed by atoms with Crippen LogP contribution in [0.5, 0.6) is 0 Å². The van der Waals surface area contributed by atoms with Crippen LogP contribution in [0.1, 0.15) is 41.0 Å². The maximum Gasteiger partial charge on any atom is 0.410 e. The van der Waals surface area contributed by atoms with Crippen molar-refractivity contribution in [2.45, 2.75) is 37.7 Å². The fraction of sp³-hybridized carbons (Fsp3) is 0.688. The number of rotatable bonds is 1. The molecule has 124 valence electrons. The van der Waals surface area contributed by atoms with E-state index in [0.717, 1.165) is 42.6 Å². The summed E-state index contributed by atoms with van der Waals surface area (Å²) in [5.74, 6) is 0.0191. The average Bonchev–Trinajstić information content (AvgIpc) is 3.15. The van der Waals surface area contributed by atoms with E-state index >= 15 is 0 Å². The van der Waals surface area contributed by atoms with Gasteiger partial charge in [-0.05, 0) is 25.7 Å². The number of amides is 2. The molecule has 0 bridgehead atoms. The number of ether oxygens (including phenoxy) is 1. The van der Waals surface area contributed by atoms with Gasteiger partial charge in [-0.25, -0.2) is 4.79 Å². The van der Waals surface area contributed by atoms with Crippen LogP contribution in [-0.2, 0) is 24.6 Å². The quantitative estimate of drug-likeness (QED) is 0.774. The summed E-state index contributed by atoms with van der Waals surface area (Å²) in [4.78, 5) is 28.1. The fourth-order valence-electron chi connectivity index (χ4n) is 4.12. The molecule has 2 aliphatic heterocycles. The summed E-state index contributed by atoms with van der Waals surface area (Å²) < 4.78 is 7.27. The Morgan fingerprint density at radius 2 is 2.00 bits per heavy atom. The lowest BCUT2D eigenvalue weighted by Crippen LogP contribution is -2.39. The van der Waals surface area contributed by atoms with Crippen molar-refractivity contribution in [3.8, 4) is 0 Å². The highest BCUT2D eigenvalue weighted by atomic mass is 16.6. The summed E-state index contributed by atoms with van der Waals surface area (Å²) in [6.45, 7) is 1.65. The average molecular weight is 318 g/mol. The molecule has 1 atom stereocenters. The summed E-state index contributed by atoms with van der Waals surface area (Å²) >= 11 is 0. The summed E-state index contributed by atoms with van der Waals surface area (Å²) in [5, 5.41) is 4.53. The Balaban J connectivity index is 1.57. The molecule has 23 heavy (non-hydrogen) atoms. The second-order valence-corrected chi connectivity index (χ2v) is 6.99. The van der Waals surface area contributed by atoms with E-state index in [0.29, 0.717) is 26.1 Å². The van der Waals surface area contributed by atoms with Crippen molar-refractivity contribution in [3.05, 3.63) is 17.0 Å². The molecule has 0 N–H and O–H groups in total. The van der Waals surface area contributed by atoms with Gasteiger partial charge in [0.15, 0.2) is 5.60 Å². The number of likely N-dealkylation sites (N-methyl/N-ethyl adjacent to an activating group) is 1. The van der Waals surface area contributed by atoms with Gasteiger partial charge in [-0.15, -0.1) is 0 Å². The Labute approximate surface area is 135 Å². The Hall–Kier alpha value is -2.05. The molecule has 0 radical (unpaired) electrons. The van der Waals surface area contributed by atoms with Crippen LogP contribution in [0.15, 0.2) is 0 Å². The molecule has 7 nitrogen and oxygen atoms in total. The molecule has 1 aromatic heterocycles. The monoisotopic (exact) mass is 318 g/mol. The minimum absolute atomic E-state index is 0.0191. The molecule has 1 aromatic rings. The van der Waals surface area contributed by atoms with Gasteiger partial charge in [0.2, 0.25) is 0 Å². The normalized spacial score (nSPS) is 26.8. The van der Waals surface area contributed by atoms with Gasteiger partial charge in [0.05, 0.1) is 18.8 Å². The third-order valence-electron chi connectivity index (χ3n) is 5.27. The van der Waals surface area contributed by atoms with E-state index in [1.807, 2.05) is 11.9 Å². The van der Waals surface area contributed by atoms with Crippen molar-refractivity contribution in [3.63, 3.8) is 0 Å². The highest BCUT2D eigenvalue weighted by Gasteiger charge is 2.50. The Morgan fingerprint density at radius 3 is 2.74 bits per heavy atom. The number of aryl methyl sites for hydroxylation is 2. The third-order valence-corrected chi connectivity index (χ3v) is 5.27. The number of carbonyl (C=O) groups is 2.